The second kappa shape index (κ2) is 21.0. The topological polar surface area (TPSA) is 116 Å². The Hall–Kier alpha value is -3.33. The molecule has 0 aliphatic rings. The molecule has 0 radical (unpaired) electrons. The molecule has 0 spiro atoms. The maximum Gasteiger partial charge on any atom is 0.243 e. The molecule has 0 aliphatic carbocycles. The van der Waals surface area contributed by atoms with Crippen molar-refractivity contribution in [2.24, 2.45) is 0 Å². The molecule has 0 fully saturated rings. The Balaban J connectivity index is 4.92. The van der Waals surface area contributed by atoms with Gasteiger partial charge in [-0.05, 0) is 56.5 Å². The lowest BCUT2D eigenvalue weighted by Gasteiger charge is -2.26. The Morgan fingerprint density at radius 1 is 0.556 bits per heavy atom. The minimum absolute atomic E-state index is 0.00366. The van der Waals surface area contributed by atoms with Crippen molar-refractivity contribution in [2.45, 2.75) is 44.9 Å². The monoisotopic (exact) mass is 502 g/mol. The number of allylic oxidation sites excluding steroid dienone is 2. The number of nitrogens with zero attached hydrogens (tertiary/aromatic N) is 2. The second-order valence-electron chi connectivity index (χ2n) is 8.22. The SMILES string of the molecule is C=CC(=O)CCCCN(CCNC(=O)C=C)CCC(=O)N(CCCCC(=O)C=C)CCNC(=O)C=C. The summed E-state index contributed by atoms with van der Waals surface area (Å²) in [6.07, 6.45) is 8.89. The van der Waals surface area contributed by atoms with Crippen LogP contribution in [-0.4, -0.2) is 84.9 Å². The molecule has 0 aromatic rings. The Morgan fingerprint density at radius 3 is 1.56 bits per heavy atom. The van der Waals surface area contributed by atoms with Crippen molar-refractivity contribution in [2.75, 3.05) is 45.8 Å². The molecule has 9 nitrogen and oxygen atoms in total. The number of carbonyl (C=O) groups excluding carboxylic acids is 5. The van der Waals surface area contributed by atoms with E-state index >= 15 is 0 Å². The van der Waals surface area contributed by atoms with Crippen LogP contribution in [0.25, 0.3) is 0 Å². The standard InChI is InChI=1S/C27H42N4O5/c1-5-23(32)13-9-11-18-30(21-16-28-25(34)7-3)20-15-27(36)31(22-17-29-26(35)8-4)19-12-10-14-24(33)6-2/h5-8H,1-4,9-22H2,(H,28,34)(H,29,35). The van der Waals surface area contributed by atoms with Gasteiger partial charge in [-0.3, -0.25) is 24.0 Å². The molecule has 0 heterocycles. The van der Waals surface area contributed by atoms with Gasteiger partial charge >= 0.3 is 0 Å². The molecule has 0 saturated carbocycles. The quantitative estimate of drug-likeness (QED) is 0.163. The first-order chi connectivity index (χ1) is 17.3. The van der Waals surface area contributed by atoms with E-state index in [1.165, 1.54) is 24.3 Å². The molecular weight excluding hydrogens is 460 g/mol. The van der Waals surface area contributed by atoms with Gasteiger partial charge in [0.15, 0.2) is 11.6 Å². The van der Waals surface area contributed by atoms with Crippen LogP contribution in [0.5, 0.6) is 0 Å². The molecule has 0 bridgehead atoms. The van der Waals surface area contributed by atoms with Crippen LogP contribution in [-0.2, 0) is 24.0 Å². The average molecular weight is 503 g/mol. The predicted octanol–water partition coefficient (Wildman–Crippen LogP) is 1.96. The lowest BCUT2D eigenvalue weighted by atomic mass is 10.1. The Labute approximate surface area is 215 Å². The first kappa shape index (κ1) is 32.7. The van der Waals surface area contributed by atoms with Crippen molar-refractivity contribution in [3.63, 3.8) is 0 Å². The van der Waals surface area contributed by atoms with Gasteiger partial charge in [0.05, 0.1) is 0 Å². The normalized spacial score (nSPS) is 10.2. The minimum atomic E-state index is -0.304. The number of rotatable bonds is 23. The fourth-order valence-corrected chi connectivity index (χ4v) is 3.34. The van der Waals surface area contributed by atoms with Gasteiger partial charge in [0.2, 0.25) is 17.7 Å². The van der Waals surface area contributed by atoms with Gasteiger partial charge in [-0.25, -0.2) is 0 Å². The van der Waals surface area contributed by atoms with Crippen molar-refractivity contribution in [1.29, 1.82) is 0 Å². The summed E-state index contributed by atoms with van der Waals surface area (Å²) in [7, 11) is 0. The molecule has 3 amide bonds. The fourth-order valence-electron chi connectivity index (χ4n) is 3.34. The molecule has 0 unspecified atom stereocenters. The van der Waals surface area contributed by atoms with Crippen LogP contribution in [0.2, 0.25) is 0 Å². The zero-order valence-corrected chi connectivity index (χ0v) is 21.5. The number of hydrogen-bond donors (Lipinski definition) is 2. The second-order valence-corrected chi connectivity index (χ2v) is 8.22. The molecule has 2 N–H and O–H groups in total. The summed E-state index contributed by atoms with van der Waals surface area (Å²) >= 11 is 0. The maximum absolute atomic E-state index is 13.0. The predicted molar refractivity (Wildman–Crippen MR) is 142 cm³/mol. The molecule has 0 aromatic heterocycles. The molecule has 9 heteroatoms. The van der Waals surface area contributed by atoms with Crippen molar-refractivity contribution >= 4 is 29.3 Å². The van der Waals surface area contributed by atoms with Gasteiger partial charge in [-0.2, -0.15) is 0 Å². The van der Waals surface area contributed by atoms with Crippen LogP contribution in [0.3, 0.4) is 0 Å². The van der Waals surface area contributed by atoms with E-state index in [4.69, 9.17) is 0 Å². The molecule has 0 rings (SSSR count). The summed E-state index contributed by atoms with van der Waals surface area (Å²) in [5, 5.41) is 5.42. The zero-order valence-electron chi connectivity index (χ0n) is 21.5. The molecular formula is C27H42N4O5. The lowest BCUT2D eigenvalue weighted by Crippen LogP contribution is -2.41. The molecule has 0 saturated heterocycles. The van der Waals surface area contributed by atoms with Gasteiger partial charge in [-0.1, -0.05) is 26.3 Å². The third-order valence-corrected chi connectivity index (χ3v) is 5.48. The van der Waals surface area contributed by atoms with E-state index in [9.17, 15) is 24.0 Å². The van der Waals surface area contributed by atoms with E-state index < -0.39 is 0 Å². The number of hydrogen-bond acceptors (Lipinski definition) is 6. The average Bonchev–Trinajstić information content (AvgIpc) is 2.89. The number of amides is 3. The molecule has 0 aromatic carbocycles. The highest BCUT2D eigenvalue weighted by molar-refractivity contribution is 5.89. The van der Waals surface area contributed by atoms with E-state index in [1.807, 2.05) is 0 Å². The fraction of sp³-hybridized carbons (Fsp3) is 0.519. The van der Waals surface area contributed by atoms with Gasteiger partial charge < -0.3 is 20.4 Å². The number of ketones is 2. The molecule has 0 aliphatic heterocycles. The third kappa shape index (κ3) is 17.2. The van der Waals surface area contributed by atoms with Crippen LogP contribution in [0.4, 0.5) is 0 Å². The highest BCUT2D eigenvalue weighted by atomic mass is 16.2. The van der Waals surface area contributed by atoms with Gasteiger partial charge in [0.1, 0.15) is 0 Å². The molecule has 200 valence electrons. The first-order valence-corrected chi connectivity index (χ1v) is 12.4. The first-order valence-electron chi connectivity index (χ1n) is 12.4. The largest absolute Gasteiger partial charge is 0.351 e. The van der Waals surface area contributed by atoms with E-state index in [-0.39, 0.29) is 35.7 Å². The van der Waals surface area contributed by atoms with Crippen LogP contribution >= 0.6 is 0 Å². The molecule has 36 heavy (non-hydrogen) atoms. The van der Waals surface area contributed by atoms with Crippen molar-refractivity contribution in [3.05, 3.63) is 50.6 Å². The summed E-state index contributed by atoms with van der Waals surface area (Å²) < 4.78 is 0. The van der Waals surface area contributed by atoms with E-state index in [0.29, 0.717) is 77.9 Å². The van der Waals surface area contributed by atoms with E-state index in [0.717, 1.165) is 6.42 Å². The minimum Gasteiger partial charge on any atom is -0.351 e. The Morgan fingerprint density at radius 2 is 1.06 bits per heavy atom. The Kier molecular flexibility index (Phi) is 19.1. The van der Waals surface area contributed by atoms with E-state index in [1.54, 1.807) is 4.90 Å². The van der Waals surface area contributed by atoms with Crippen molar-refractivity contribution in [1.82, 2.24) is 20.4 Å². The number of nitrogens with one attached hydrogen (secondary N) is 2. The third-order valence-electron chi connectivity index (χ3n) is 5.48. The number of unbranched alkanes of at least 4 members (excludes halogenated alkanes) is 2. The van der Waals surface area contributed by atoms with Gasteiger partial charge in [0.25, 0.3) is 0 Å². The molecule has 0 atom stereocenters. The zero-order chi connectivity index (χ0) is 27.2. The van der Waals surface area contributed by atoms with Gasteiger partial charge in [0, 0.05) is 58.5 Å². The summed E-state index contributed by atoms with van der Waals surface area (Å²) in [4.78, 5) is 62.6. The summed E-state index contributed by atoms with van der Waals surface area (Å²) in [6, 6.07) is 0. The highest BCUT2D eigenvalue weighted by Crippen LogP contribution is 2.05. The van der Waals surface area contributed by atoms with Crippen LogP contribution in [0.15, 0.2) is 50.6 Å². The highest BCUT2D eigenvalue weighted by Gasteiger charge is 2.16. The number of carbonyl (C=O) groups is 5. The lowest BCUT2D eigenvalue weighted by molar-refractivity contribution is -0.132. The van der Waals surface area contributed by atoms with Crippen molar-refractivity contribution in [3.8, 4) is 0 Å². The smallest absolute Gasteiger partial charge is 0.243 e. The summed E-state index contributed by atoms with van der Waals surface area (Å²) in [6.45, 7) is 17.1. The van der Waals surface area contributed by atoms with Gasteiger partial charge in [-0.15, -0.1) is 0 Å². The van der Waals surface area contributed by atoms with Crippen LogP contribution in [0, 0.1) is 0 Å². The maximum atomic E-state index is 13.0. The van der Waals surface area contributed by atoms with Crippen LogP contribution < -0.4 is 10.6 Å². The summed E-state index contributed by atoms with van der Waals surface area (Å²) in [5.74, 6) is -0.643. The van der Waals surface area contributed by atoms with E-state index in [2.05, 4.69) is 41.8 Å². The summed E-state index contributed by atoms with van der Waals surface area (Å²) in [5.41, 5.74) is 0. The van der Waals surface area contributed by atoms with Crippen molar-refractivity contribution < 1.29 is 24.0 Å². The Bertz CT molecular complexity index is 778. The van der Waals surface area contributed by atoms with Crippen LogP contribution in [0.1, 0.15) is 44.9 Å².